The van der Waals surface area contributed by atoms with E-state index in [1.54, 1.807) is 0 Å². The Bertz CT molecular complexity index is 576. The Morgan fingerprint density at radius 2 is 1.91 bits per heavy atom. The number of carbonyl (C=O) groups is 1. The molecular weight excluding hydrogens is 377 g/mol. The number of nitrogens with one attached hydrogen (secondary N) is 3. The maximum Gasteiger partial charge on any atom is 0.228 e. The zero-order valence-corrected chi connectivity index (χ0v) is 16.3. The van der Waals surface area contributed by atoms with Crippen molar-refractivity contribution in [2.45, 2.75) is 43.6 Å². The molecule has 0 fully saturated rings. The molecule has 0 aliphatic heterocycles. The largest absolute Gasteiger partial charge is 0.339 e. The summed E-state index contributed by atoms with van der Waals surface area (Å²) in [6.45, 7) is 5.87. The predicted octanol–water partition coefficient (Wildman–Crippen LogP) is 4.20. The molecule has 0 bridgehead atoms. The molecule has 23 heavy (non-hydrogen) atoms. The maximum atomic E-state index is 11.7. The quantitative estimate of drug-likeness (QED) is 0.396. The number of benzene rings is 1. The van der Waals surface area contributed by atoms with Gasteiger partial charge in [0.2, 0.25) is 9.70 Å². The molecule has 8 heteroatoms. The monoisotopic (exact) mass is 395 g/mol. The van der Waals surface area contributed by atoms with Gasteiger partial charge in [-0.2, -0.15) is 0 Å². The van der Waals surface area contributed by atoms with Gasteiger partial charge >= 0.3 is 0 Å². The van der Waals surface area contributed by atoms with Gasteiger partial charge in [0.05, 0.1) is 0 Å². The normalized spacial score (nSPS) is 12.4. The van der Waals surface area contributed by atoms with Crippen molar-refractivity contribution in [3.05, 3.63) is 29.3 Å². The van der Waals surface area contributed by atoms with Crippen LogP contribution in [0.4, 0.5) is 5.69 Å². The van der Waals surface area contributed by atoms with Crippen LogP contribution in [0, 0.1) is 13.8 Å². The summed E-state index contributed by atoms with van der Waals surface area (Å²) >= 11 is 23.0. The summed E-state index contributed by atoms with van der Waals surface area (Å²) in [5.74, 6) is -0.217. The molecule has 0 saturated heterocycles. The second-order valence-electron chi connectivity index (χ2n) is 5.21. The molecular formula is C15H20Cl3N3OS. The van der Waals surface area contributed by atoms with Crippen molar-refractivity contribution in [2.24, 2.45) is 0 Å². The molecule has 1 rings (SSSR count). The van der Waals surface area contributed by atoms with Gasteiger partial charge in [-0.3, -0.25) is 4.79 Å². The van der Waals surface area contributed by atoms with E-state index < -0.39 is 9.96 Å². The molecule has 1 atom stereocenters. The molecule has 1 amide bonds. The van der Waals surface area contributed by atoms with E-state index in [0.717, 1.165) is 16.8 Å². The third-order valence-electron chi connectivity index (χ3n) is 3.02. The average molecular weight is 397 g/mol. The summed E-state index contributed by atoms with van der Waals surface area (Å²) in [4.78, 5) is 11.7. The molecule has 0 radical (unpaired) electrons. The fourth-order valence-corrected chi connectivity index (χ4v) is 2.46. The maximum absolute atomic E-state index is 11.7. The van der Waals surface area contributed by atoms with Crippen molar-refractivity contribution in [3.8, 4) is 0 Å². The third kappa shape index (κ3) is 7.12. The number of hydrogen-bond donors (Lipinski definition) is 3. The Kier molecular flexibility index (Phi) is 7.87. The molecule has 0 aliphatic carbocycles. The molecule has 1 aromatic rings. The highest BCUT2D eigenvalue weighted by molar-refractivity contribution is 7.80. The van der Waals surface area contributed by atoms with Crippen LogP contribution < -0.4 is 16.0 Å². The Labute approximate surface area is 157 Å². The number of halogens is 3. The van der Waals surface area contributed by atoms with Gasteiger partial charge in [0.25, 0.3) is 0 Å². The smallest absolute Gasteiger partial charge is 0.228 e. The van der Waals surface area contributed by atoms with E-state index in [1.165, 1.54) is 0 Å². The fraction of sp³-hybridized carbons (Fsp3) is 0.467. The number of anilines is 1. The first-order chi connectivity index (χ1) is 10.6. The average Bonchev–Trinajstić information content (AvgIpc) is 2.40. The Morgan fingerprint density at radius 1 is 1.26 bits per heavy atom. The first-order valence-corrected chi connectivity index (χ1v) is 8.68. The van der Waals surface area contributed by atoms with Gasteiger partial charge in [0.15, 0.2) is 5.11 Å². The zero-order chi connectivity index (χ0) is 17.6. The van der Waals surface area contributed by atoms with Crippen LogP contribution in [-0.4, -0.2) is 21.0 Å². The van der Waals surface area contributed by atoms with Crippen molar-refractivity contribution in [1.82, 2.24) is 10.6 Å². The molecule has 0 aromatic heterocycles. The second-order valence-corrected chi connectivity index (χ2v) is 7.99. The van der Waals surface area contributed by atoms with Crippen molar-refractivity contribution >= 4 is 63.7 Å². The summed E-state index contributed by atoms with van der Waals surface area (Å²) in [5.41, 5.74) is 3.03. The summed E-state index contributed by atoms with van der Waals surface area (Å²) in [5, 5.41) is 8.75. The van der Waals surface area contributed by atoms with Gasteiger partial charge in [-0.25, -0.2) is 0 Å². The van der Waals surface area contributed by atoms with E-state index in [-0.39, 0.29) is 11.0 Å². The van der Waals surface area contributed by atoms with Gasteiger partial charge in [-0.05, 0) is 44.1 Å². The van der Waals surface area contributed by atoms with E-state index >= 15 is 0 Å². The van der Waals surface area contributed by atoms with Gasteiger partial charge in [-0.1, -0.05) is 59.4 Å². The van der Waals surface area contributed by atoms with E-state index in [9.17, 15) is 4.79 Å². The minimum atomic E-state index is -1.74. The summed E-state index contributed by atoms with van der Waals surface area (Å²) in [7, 11) is 0. The molecule has 0 unspecified atom stereocenters. The van der Waals surface area contributed by atoms with Gasteiger partial charge < -0.3 is 16.0 Å². The van der Waals surface area contributed by atoms with E-state index in [0.29, 0.717) is 12.8 Å². The molecule has 3 N–H and O–H groups in total. The van der Waals surface area contributed by atoms with Crippen LogP contribution >= 0.6 is 47.0 Å². The lowest BCUT2D eigenvalue weighted by atomic mass is 10.1. The standard InChI is InChI=1S/C15H20Cl3N3OS/c1-4-5-12(22)20-13(15(16,17)18)21-14(23)19-11-7-6-9(2)8-10(11)3/h6-8,13H,4-5H2,1-3H3,(H,20,22)(H2,19,21,23)/t13-/m0/s1. The molecule has 4 nitrogen and oxygen atoms in total. The lowest BCUT2D eigenvalue weighted by Crippen LogP contribution is -2.56. The lowest BCUT2D eigenvalue weighted by molar-refractivity contribution is -0.121. The van der Waals surface area contributed by atoms with Crippen LogP contribution in [0.15, 0.2) is 18.2 Å². The summed E-state index contributed by atoms with van der Waals surface area (Å²) < 4.78 is -1.74. The number of amides is 1. The topological polar surface area (TPSA) is 53.2 Å². The Morgan fingerprint density at radius 3 is 2.43 bits per heavy atom. The van der Waals surface area contributed by atoms with Crippen molar-refractivity contribution in [2.75, 3.05) is 5.32 Å². The second kappa shape index (κ2) is 8.92. The summed E-state index contributed by atoms with van der Waals surface area (Å²) in [6.07, 6.45) is 0.108. The van der Waals surface area contributed by atoms with Gasteiger partial charge in [0, 0.05) is 12.1 Å². The van der Waals surface area contributed by atoms with E-state index in [1.807, 2.05) is 39.0 Å². The molecule has 0 aliphatic rings. The van der Waals surface area contributed by atoms with Crippen molar-refractivity contribution in [3.63, 3.8) is 0 Å². The highest BCUT2D eigenvalue weighted by Crippen LogP contribution is 2.29. The Hall–Kier alpha value is -0.750. The van der Waals surface area contributed by atoms with Crippen LogP contribution in [-0.2, 0) is 4.79 Å². The number of rotatable bonds is 5. The fourth-order valence-electron chi connectivity index (χ4n) is 1.90. The minimum Gasteiger partial charge on any atom is -0.339 e. The first-order valence-electron chi connectivity index (χ1n) is 7.14. The van der Waals surface area contributed by atoms with Crippen LogP contribution in [0.2, 0.25) is 0 Å². The molecule has 0 spiro atoms. The molecule has 128 valence electrons. The van der Waals surface area contributed by atoms with Crippen LogP contribution in [0.1, 0.15) is 30.9 Å². The van der Waals surface area contributed by atoms with E-state index in [2.05, 4.69) is 16.0 Å². The van der Waals surface area contributed by atoms with Crippen LogP contribution in [0.3, 0.4) is 0 Å². The lowest BCUT2D eigenvalue weighted by Gasteiger charge is -2.28. The number of carbonyl (C=O) groups excluding carboxylic acids is 1. The third-order valence-corrected chi connectivity index (χ3v) is 3.89. The number of alkyl halides is 3. The number of hydrogen-bond acceptors (Lipinski definition) is 2. The van der Waals surface area contributed by atoms with E-state index in [4.69, 9.17) is 47.0 Å². The number of thiocarbonyl (C=S) groups is 1. The summed E-state index contributed by atoms with van der Waals surface area (Å²) in [6, 6.07) is 5.91. The highest BCUT2D eigenvalue weighted by Gasteiger charge is 2.34. The minimum absolute atomic E-state index is 0.217. The van der Waals surface area contributed by atoms with Gasteiger partial charge in [-0.15, -0.1) is 0 Å². The highest BCUT2D eigenvalue weighted by atomic mass is 35.6. The zero-order valence-electron chi connectivity index (χ0n) is 13.2. The van der Waals surface area contributed by atoms with Gasteiger partial charge in [0.1, 0.15) is 6.17 Å². The number of aryl methyl sites for hydroxylation is 2. The van der Waals surface area contributed by atoms with Crippen LogP contribution in [0.25, 0.3) is 0 Å². The SMILES string of the molecule is CCCC(=O)N[C@@H](NC(=S)Nc1ccc(C)cc1C)C(Cl)(Cl)Cl. The predicted molar refractivity (Wildman–Crippen MR) is 102 cm³/mol. The molecule has 0 heterocycles. The molecule has 1 aromatic carbocycles. The Balaban J connectivity index is 2.75. The van der Waals surface area contributed by atoms with Crippen molar-refractivity contribution in [1.29, 1.82) is 0 Å². The van der Waals surface area contributed by atoms with Crippen molar-refractivity contribution < 1.29 is 4.79 Å². The molecule has 0 saturated carbocycles. The first kappa shape index (κ1) is 20.3. The van der Waals surface area contributed by atoms with Crippen LogP contribution in [0.5, 0.6) is 0 Å².